The van der Waals surface area contributed by atoms with E-state index in [1.165, 1.54) is 25.3 Å². The van der Waals surface area contributed by atoms with E-state index in [9.17, 15) is 23.2 Å². The Balaban J connectivity index is 2.46. The zero-order valence-electron chi connectivity index (χ0n) is 15.9. The topological polar surface area (TPSA) is 64.2 Å². The van der Waals surface area contributed by atoms with Crippen molar-refractivity contribution < 1.29 is 27.4 Å². The minimum atomic E-state index is -4.59. The fourth-order valence-corrected chi connectivity index (χ4v) is 3.01. The van der Waals surface area contributed by atoms with Crippen LogP contribution in [0.15, 0.2) is 29.8 Å². The summed E-state index contributed by atoms with van der Waals surface area (Å²) in [6.07, 6.45) is -3.25. The predicted molar refractivity (Wildman–Crippen MR) is 102 cm³/mol. The van der Waals surface area contributed by atoms with Gasteiger partial charge in [0.05, 0.1) is 17.2 Å². The number of hydrogen-bond acceptors (Lipinski definition) is 4. The number of benzene rings is 1. The lowest BCUT2D eigenvalue weighted by Crippen LogP contribution is -2.11. The second-order valence-electron chi connectivity index (χ2n) is 6.12. The molecule has 1 aromatic heterocycles. The molecule has 0 amide bonds. The fraction of sp³-hybridized carbons (Fsp3) is 0.300. The van der Waals surface area contributed by atoms with Crippen molar-refractivity contribution >= 4 is 23.6 Å². The summed E-state index contributed by atoms with van der Waals surface area (Å²) in [4.78, 5) is 12.0. The summed E-state index contributed by atoms with van der Waals surface area (Å²) >= 11 is 5.69. The quantitative estimate of drug-likeness (QED) is 0.286. The lowest BCUT2D eigenvalue weighted by Gasteiger charge is -2.14. The number of nitrogens with zero attached hydrogens (tertiary/aromatic N) is 2. The second kappa shape index (κ2) is 9.16. The van der Waals surface area contributed by atoms with Gasteiger partial charge in [-0.05, 0) is 49.8 Å². The van der Waals surface area contributed by atoms with Crippen LogP contribution in [0.2, 0.25) is 5.02 Å². The zero-order valence-corrected chi connectivity index (χ0v) is 16.7. The van der Waals surface area contributed by atoms with Gasteiger partial charge >= 0.3 is 12.1 Å². The monoisotopic (exact) mass is 426 g/mol. The van der Waals surface area contributed by atoms with E-state index < -0.39 is 22.7 Å². The van der Waals surface area contributed by atoms with Gasteiger partial charge < -0.3 is 14.0 Å². The van der Waals surface area contributed by atoms with Crippen molar-refractivity contribution in [1.82, 2.24) is 4.57 Å². The number of rotatable bonds is 6. The highest BCUT2D eigenvalue weighted by Crippen LogP contribution is 2.36. The van der Waals surface area contributed by atoms with Crippen molar-refractivity contribution in [2.24, 2.45) is 0 Å². The Hall–Kier alpha value is -2.76. The maximum absolute atomic E-state index is 13.2. The summed E-state index contributed by atoms with van der Waals surface area (Å²) in [5.74, 6) is -0.805. The van der Waals surface area contributed by atoms with E-state index in [1.807, 2.05) is 0 Å². The number of carbonyl (C=O) groups excluding carboxylic acids is 1. The molecule has 0 N–H and O–H groups in total. The van der Waals surface area contributed by atoms with Gasteiger partial charge in [-0.2, -0.15) is 18.4 Å². The molecule has 0 aliphatic heterocycles. The molecule has 0 saturated carbocycles. The number of ether oxygens (including phenoxy) is 2. The maximum atomic E-state index is 13.2. The van der Waals surface area contributed by atoms with Gasteiger partial charge in [-0.25, -0.2) is 4.79 Å². The number of hydrogen-bond donors (Lipinski definition) is 0. The van der Waals surface area contributed by atoms with Gasteiger partial charge in [0.15, 0.2) is 0 Å². The van der Waals surface area contributed by atoms with Crippen molar-refractivity contribution in [1.29, 1.82) is 5.26 Å². The van der Waals surface area contributed by atoms with E-state index >= 15 is 0 Å². The van der Waals surface area contributed by atoms with Crippen LogP contribution >= 0.6 is 11.6 Å². The van der Waals surface area contributed by atoms with Crippen LogP contribution in [0, 0.1) is 25.2 Å². The van der Waals surface area contributed by atoms with Crippen LogP contribution in [-0.2, 0) is 20.4 Å². The highest BCUT2D eigenvalue weighted by molar-refractivity contribution is 6.31. The SMILES string of the molecule is COCCOC(=O)/C(C#N)=C/c1cc(C)n(-c2ccc(Cl)c(C(F)(F)F)c2)c1C. The van der Waals surface area contributed by atoms with Crippen LogP contribution in [0.25, 0.3) is 11.8 Å². The Morgan fingerprint density at radius 2 is 1.97 bits per heavy atom. The van der Waals surface area contributed by atoms with Gasteiger partial charge in [0.2, 0.25) is 0 Å². The molecular formula is C20H18ClF3N2O3. The Kier molecular flexibility index (Phi) is 7.11. The number of methoxy groups -OCH3 is 1. The number of alkyl halides is 3. The van der Waals surface area contributed by atoms with Crippen molar-refractivity contribution in [3.8, 4) is 11.8 Å². The van der Waals surface area contributed by atoms with Crippen LogP contribution < -0.4 is 0 Å². The molecule has 0 radical (unpaired) electrons. The Labute approximate surface area is 170 Å². The average Bonchev–Trinajstić information content (AvgIpc) is 2.92. The first-order valence-corrected chi connectivity index (χ1v) is 8.81. The van der Waals surface area contributed by atoms with E-state index in [0.717, 1.165) is 6.07 Å². The predicted octanol–water partition coefficient (Wildman–Crippen LogP) is 4.86. The van der Waals surface area contributed by atoms with E-state index in [0.29, 0.717) is 17.0 Å². The van der Waals surface area contributed by atoms with Crippen LogP contribution in [-0.4, -0.2) is 30.9 Å². The van der Waals surface area contributed by atoms with E-state index in [4.69, 9.17) is 21.1 Å². The summed E-state index contributed by atoms with van der Waals surface area (Å²) in [7, 11) is 1.45. The fourth-order valence-electron chi connectivity index (χ4n) is 2.79. The van der Waals surface area contributed by atoms with Gasteiger partial charge in [-0.3, -0.25) is 0 Å². The third-order valence-corrected chi connectivity index (χ3v) is 4.47. The third kappa shape index (κ3) is 5.19. The molecule has 29 heavy (non-hydrogen) atoms. The molecule has 0 atom stereocenters. The molecule has 0 bridgehead atoms. The number of aryl methyl sites for hydroxylation is 1. The minimum absolute atomic E-state index is 0.00162. The summed E-state index contributed by atoms with van der Waals surface area (Å²) in [6.45, 7) is 3.57. The summed E-state index contributed by atoms with van der Waals surface area (Å²) in [5, 5.41) is 8.86. The van der Waals surface area contributed by atoms with E-state index in [1.54, 1.807) is 30.6 Å². The second-order valence-corrected chi connectivity index (χ2v) is 6.53. The zero-order chi connectivity index (χ0) is 21.8. The molecule has 5 nitrogen and oxygen atoms in total. The molecule has 0 saturated heterocycles. The largest absolute Gasteiger partial charge is 0.459 e. The molecule has 9 heteroatoms. The smallest absolute Gasteiger partial charge is 0.417 e. The van der Waals surface area contributed by atoms with Crippen LogP contribution in [0.1, 0.15) is 22.5 Å². The van der Waals surface area contributed by atoms with Crippen molar-refractivity contribution in [3.05, 3.63) is 57.4 Å². The van der Waals surface area contributed by atoms with Crippen LogP contribution in [0.4, 0.5) is 13.2 Å². The van der Waals surface area contributed by atoms with E-state index in [-0.39, 0.29) is 24.5 Å². The Bertz CT molecular complexity index is 988. The standard InChI is InChI=1S/C20H18ClF3N2O3/c1-12-8-14(9-15(11-25)19(27)29-7-6-28-3)13(2)26(12)16-4-5-18(21)17(10-16)20(22,23)24/h4-5,8-10H,6-7H2,1-3H3/b15-9+. The molecule has 0 aliphatic carbocycles. The molecule has 0 unspecified atom stereocenters. The van der Waals surface area contributed by atoms with E-state index in [2.05, 4.69) is 0 Å². The minimum Gasteiger partial charge on any atom is -0.459 e. The van der Waals surface area contributed by atoms with Gasteiger partial charge in [0.25, 0.3) is 0 Å². The molecular weight excluding hydrogens is 409 g/mol. The first-order chi connectivity index (χ1) is 13.6. The molecule has 0 spiro atoms. The third-order valence-electron chi connectivity index (χ3n) is 4.14. The lowest BCUT2D eigenvalue weighted by molar-refractivity contribution is -0.139. The first-order valence-electron chi connectivity index (χ1n) is 8.44. The number of nitriles is 1. The molecule has 2 aromatic rings. The van der Waals surface area contributed by atoms with Crippen LogP contribution in [0.5, 0.6) is 0 Å². The highest BCUT2D eigenvalue weighted by Gasteiger charge is 2.33. The lowest BCUT2D eigenvalue weighted by atomic mass is 10.1. The van der Waals surface area contributed by atoms with Crippen molar-refractivity contribution in [2.45, 2.75) is 20.0 Å². The van der Waals surface area contributed by atoms with Crippen molar-refractivity contribution in [2.75, 3.05) is 20.3 Å². The molecule has 154 valence electrons. The van der Waals surface area contributed by atoms with Gasteiger partial charge in [0, 0.05) is 24.2 Å². The van der Waals surface area contributed by atoms with Crippen molar-refractivity contribution in [3.63, 3.8) is 0 Å². The molecule has 1 aromatic carbocycles. The molecule has 0 fully saturated rings. The van der Waals surface area contributed by atoms with Crippen LogP contribution in [0.3, 0.4) is 0 Å². The number of halogens is 4. The van der Waals surface area contributed by atoms with Gasteiger partial charge in [-0.15, -0.1) is 0 Å². The molecule has 1 heterocycles. The molecule has 2 rings (SSSR count). The maximum Gasteiger partial charge on any atom is 0.417 e. The Morgan fingerprint density at radius 3 is 2.55 bits per heavy atom. The Morgan fingerprint density at radius 1 is 1.28 bits per heavy atom. The average molecular weight is 427 g/mol. The summed E-state index contributed by atoms with van der Waals surface area (Å²) in [6, 6.07) is 7.05. The highest BCUT2D eigenvalue weighted by atomic mass is 35.5. The normalized spacial score (nSPS) is 12.0. The summed E-state index contributed by atoms with van der Waals surface area (Å²) < 4.78 is 50.9. The molecule has 0 aliphatic rings. The summed E-state index contributed by atoms with van der Waals surface area (Å²) in [5.41, 5.74) is 0.766. The first kappa shape index (κ1) is 22.5. The number of carbonyl (C=O) groups is 1. The number of aromatic nitrogens is 1. The van der Waals surface area contributed by atoms with Gasteiger partial charge in [0.1, 0.15) is 18.2 Å². The van der Waals surface area contributed by atoms with Gasteiger partial charge in [-0.1, -0.05) is 11.6 Å². The number of esters is 1.